The average molecular weight is 1030 g/mol. The maximum Gasteiger partial charge on any atom is 0.329 e. The molecular weight excluding hydrogens is 963 g/mol. The van der Waals surface area contributed by atoms with Gasteiger partial charge in [0, 0.05) is 107 Å². The molecule has 3 aromatic carbocycles. The lowest BCUT2D eigenvalue weighted by Crippen LogP contribution is -2.48. The van der Waals surface area contributed by atoms with Gasteiger partial charge in [-0.05, 0) is 138 Å². The largest absolute Gasteiger partial charge is 0.497 e. The summed E-state index contributed by atoms with van der Waals surface area (Å²) in [6, 6.07) is 25.4. The highest BCUT2D eigenvalue weighted by molar-refractivity contribution is 9.10. The van der Waals surface area contributed by atoms with Gasteiger partial charge in [-0.1, -0.05) is 30.3 Å². The van der Waals surface area contributed by atoms with E-state index >= 15 is 0 Å². The number of pyridine rings is 1. The number of carbonyl (C=O) groups excluding carboxylic acids is 3. The minimum absolute atomic E-state index is 0.135. The molecule has 3 amide bonds. The highest BCUT2D eigenvalue weighted by Crippen LogP contribution is 2.33. The zero-order valence-corrected chi connectivity index (χ0v) is 42.9. The Morgan fingerprint density at radius 3 is 2.14 bits per heavy atom. The van der Waals surface area contributed by atoms with E-state index in [-0.39, 0.29) is 42.8 Å². The number of carbonyl (C=O) groups is 3. The van der Waals surface area contributed by atoms with E-state index in [1.807, 2.05) is 54.7 Å². The number of benzene rings is 3. The molecule has 16 heteroatoms. The summed E-state index contributed by atoms with van der Waals surface area (Å²) in [4.78, 5) is 70.5. The van der Waals surface area contributed by atoms with Crippen molar-refractivity contribution in [3.63, 3.8) is 0 Å². The van der Waals surface area contributed by atoms with E-state index in [0.717, 1.165) is 135 Å². The van der Waals surface area contributed by atoms with Gasteiger partial charge in [0.25, 0.3) is 11.8 Å². The van der Waals surface area contributed by atoms with Crippen LogP contribution in [0.15, 0.2) is 94.3 Å². The molecule has 71 heavy (non-hydrogen) atoms. The fourth-order valence-electron chi connectivity index (χ4n) is 11.5. The number of imidazole rings is 1. The summed E-state index contributed by atoms with van der Waals surface area (Å²) in [5.41, 5.74) is 7.51. The van der Waals surface area contributed by atoms with Crippen LogP contribution < -0.4 is 10.4 Å². The third-order valence-corrected chi connectivity index (χ3v) is 16.4. The number of likely N-dealkylation sites (tertiary alicyclic amines) is 3. The van der Waals surface area contributed by atoms with E-state index in [4.69, 9.17) is 9.47 Å². The molecule has 1 unspecified atom stereocenters. The number of imide groups is 1. The van der Waals surface area contributed by atoms with Crippen LogP contribution in [0.25, 0.3) is 22.1 Å². The van der Waals surface area contributed by atoms with Crippen molar-refractivity contribution in [3.05, 3.63) is 128 Å². The molecule has 1 atom stereocenters. The predicted octanol–water partition coefficient (Wildman–Crippen LogP) is 7.05. The Morgan fingerprint density at radius 1 is 0.732 bits per heavy atom. The fraction of sp³-hybridized carbons (Fsp3) is 0.473. The van der Waals surface area contributed by atoms with Crippen molar-refractivity contribution < 1.29 is 23.9 Å². The standard InChI is InChI=1S/C55H66BrN9O6/c1-58-44(33-46-47(56)16-21-57-52(46)58)37-59-22-19-42(20-23-59)41-7-9-43(10-8-41)53(67)62-24-17-39(18-25-62)34-60-26-28-61(29-27-60)35-40-6-13-48-50(32-40)63(30-31-70-2)55(69)65(48)49-14-15-51(66)64(54(49)68)36-38-4-11-45(71-3)12-5-38/h4-13,16,21,32-33,39,42,49H,14-15,17-20,22-31,34-37H2,1-3H3. The van der Waals surface area contributed by atoms with Crippen LogP contribution in [-0.4, -0.2) is 141 Å². The number of fused-ring (bicyclic) bond motifs is 2. The van der Waals surface area contributed by atoms with E-state index in [0.29, 0.717) is 36.3 Å². The first kappa shape index (κ1) is 49.0. The molecule has 3 aromatic heterocycles. The topological polar surface area (TPSA) is 131 Å². The zero-order chi connectivity index (χ0) is 49.2. The van der Waals surface area contributed by atoms with Crippen molar-refractivity contribution in [1.82, 2.24) is 43.2 Å². The summed E-state index contributed by atoms with van der Waals surface area (Å²) in [6.45, 7) is 11.1. The van der Waals surface area contributed by atoms with Crippen molar-refractivity contribution in [2.75, 3.05) is 79.7 Å². The van der Waals surface area contributed by atoms with Gasteiger partial charge >= 0.3 is 5.69 Å². The summed E-state index contributed by atoms with van der Waals surface area (Å²) in [7, 11) is 5.31. The summed E-state index contributed by atoms with van der Waals surface area (Å²) in [5, 5.41) is 1.16. The molecule has 0 saturated carbocycles. The molecule has 4 fully saturated rings. The second kappa shape index (κ2) is 21.6. The van der Waals surface area contributed by atoms with Crippen molar-refractivity contribution >= 4 is 55.7 Å². The number of ether oxygens (including phenoxy) is 2. The van der Waals surface area contributed by atoms with Crippen LogP contribution in [0.1, 0.15) is 83.2 Å². The summed E-state index contributed by atoms with van der Waals surface area (Å²) in [5.74, 6) is 1.31. The lowest BCUT2D eigenvalue weighted by atomic mass is 9.88. The highest BCUT2D eigenvalue weighted by atomic mass is 79.9. The van der Waals surface area contributed by atoms with E-state index in [2.05, 4.69) is 82.5 Å². The van der Waals surface area contributed by atoms with Gasteiger partial charge in [0.05, 0.1) is 37.8 Å². The highest BCUT2D eigenvalue weighted by Gasteiger charge is 2.38. The number of aryl methyl sites for hydroxylation is 1. The molecule has 15 nitrogen and oxygen atoms in total. The normalized spacial score (nSPS) is 19.4. The quantitative estimate of drug-likeness (QED) is 0.0988. The molecule has 374 valence electrons. The number of aromatic nitrogens is 4. The van der Waals surface area contributed by atoms with Gasteiger partial charge in [-0.3, -0.25) is 38.2 Å². The molecular formula is C55H66BrN9O6. The van der Waals surface area contributed by atoms with Crippen LogP contribution in [0.2, 0.25) is 0 Å². The number of piperidine rings is 3. The number of hydrogen-bond donors (Lipinski definition) is 0. The first-order chi connectivity index (χ1) is 34.5. The maximum absolute atomic E-state index is 14.2. The van der Waals surface area contributed by atoms with Crippen LogP contribution in [0, 0.1) is 5.92 Å². The van der Waals surface area contributed by atoms with Crippen molar-refractivity contribution in [2.45, 2.75) is 76.7 Å². The first-order valence-electron chi connectivity index (χ1n) is 25.4. The minimum Gasteiger partial charge on any atom is -0.497 e. The van der Waals surface area contributed by atoms with E-state index < -0.39 is 6.04 Å². The van der Waals surface area contributed by atoms with Gasteiger partial charge in [-0.2, -0.15) is 0 Å². The average Bonchev–Trinajstić information content (AvgIpc) is 3.86. The number of piperazine rings is 1. The van der Waals surface area contributed by atoms with Gasteiger partial charge in [-0.15, -0.1) is 0 Å². The van der Waals surface area contributed by atoms with Crippen molar-refractivity contribution in [2.24, 2.45) is 13.0 Å². The molecule has 7 heterocycles. The SMILES string of the molecule is COCCn1c(=O)n(C2CCC(=O)N(Cc3ccc(OC)cc3)C2=O)c2ccc(CN3CCN(CC4CCN(C(=O)c5ccc(C6CCN(Cc7cc8c(Br)ccnc8n7C)CC6)cc5)CC4)CC3)cc21. The number of methoxy groups -OCH3 is 2. The van der Waals surface area contributed by atoms with Crippen molar-refractivity contribution in [1.29, 1.82) is 0 Å². The number of hydrogen-bond acceptors (Lipinski definition) is 10. The Morgan fingerprint density at radius 2 is 1.44 bits per heavy atom. The molecule has 0 spiro atoms. The van der Waals surface area contributed by atoms with Crippen LogP contribution in [0.3, 0.4) is 0 Å². The monoisotopic (exact) mass is 1030 g/mol. The van der Waals surface area contributed by atoms with Gasteiger partial charge in [0.2, 0.25) is 5.91 Å². The summed E-state index contributed by atoms with van der Waals surface area (Å²) < 4.78 is 17.3. The molecule has 0 N–H and O–H groups in total. The van der Waals surface area contributed by atoms with Gasteiger partial charge in [0.1, 0.15) is 17.4 Å². The zero-order valence-electron chi connectivity index (χ0n) is 41.3. The van der Waals surface area contributed by atoms with Crippen LogP contribution >= 0.6 is 15.9 Å². The van der Waals surface area contributed by atoms with Crippen LogP contribution in [0.5, 0.6) is 5.75 Å². The predicted molar refractivity (Wildman–Crippen MR) is 277 cm³/mol. The number of nitrogens with zero attached hydrogens (tertiary/aromatic N) is 9. The Balaban J connectivity index is 0.687. The smallest absolute Gasteiger partial charge is 0.329 e. The summed E-state index contributed by atoms with van der Waals surface area (Å²) in [6.07, 6.45) is 6.55. The lowest BCUT2D eigenvalue weighted by molar-refractivity contribution is -0.151. The lowest BCUT2D eigenvalue weighted by Gasteiger charge is -2.39. The van der Waals surface area contributed by atoms with Gasteiger partial charge in [0.15, 0.2) is 0 Å². The molecule has 0 radical (unpaired) electrons. The molecule has 0 bridgehead atoms. The van der Waals surface area contributed by atoms with E-state index in [1.54, 1.807) is 23.4 Å². The molecule has 10 rings (SSSR count). The summed E-state index contributed by atoms with van der Waals surface area (Å²) >= 11 is 3.68. The maximum atomic E-state index is 14.2. The third-order valence-electron chi connectivity index (χ3n) is 15.7. The number of halogens is 1. The second-order valence-corrected chi connectivity index (χ2v) is 20.9. The van der Waals surface area contributed by atoms with Crippen molar-refractivity contribution in [3.8, 4) is 5.75 Å². The second-order valence-electron chi connectivity index (χ2n) is 20.1. The Hall–Kier alpha value is -5.65. The van der Waals surface area contributed by atoms with Gasteiger partial charge < -0.3 is 23.8 Å². The van der Waals surface area contributed by atoms with Crippen LogP contribution in [0.4, 0.5) is 0 Å². The molecule has 4 saturated heterocycles. The molecule has 4 aliphatic rings. The molecule has 6 aromatic rings. The van der Waals surface area contributed by atoms with Crippen LogP contribution in [-0.2, 0) is 47.6 Å². The van der Waals surface area contributed by atoms with Gasteiger partial charge in [-0.25, -0.2) is 9.78 Å². The first-order valence-corrected chi connectivity index (χ1v) is 26.2. The fourth-order valence-corrected chi connectivity index (χ4v) is 11.9. The Labute approximate surface area is 424 Å². The van der Waals surface area contributed by atoms with E-state index in [1.165, 1.54) is 16.2 Å². The van der Waals surface area contributed by atoms with E-state index in [9.17, 15) is 19.2 Å². The Kier molecular flexibility index (Phi) is 14.9. The Bertz CT molecular complexity index is 2920. The molecule has 4 aliphatic heterocycles. The number of amides is 3. The minimum atomic E-state index is -0.788. The molecule has 0 aliphatic carbocycles. The number of rotatable bonds is 15. The third kappa shape index (κ3) is 10.5.